The summed E-state index contributed by atoms with van der Waals surface area (Å²) < 4.78 is 74.1. The third-order valence-corrected chi connectivity index (χ3v) is 8.96. The van der Waals surface area contributed by atoms with Gasteiger partial charge in [-0.05, 0) is 67.6 Å². The summed E-state index contributed by atoms with van der Waals surface area (Å²) in [7, 11) is -2.69. The summed E-state index contributed by atoms with van der Waals surface area (Å²) in [5.74, 6) is -0.987. The summed E-state index contributed by atoms with van der Waals surface area (Å²) in [6.07, 6.45) is -5.32. The third-order valence-electron chi connectivity index (χ3n) is 7.32. The number of para-hydroxylation sites is 1. The molecule has 0 saturated carbocycles. The van der Waals surface area contributed by atoms with Crippen LogP contribution in [-0.4, -0.2) is 74.2 Å². The fourth-order valence-corrected chi connectivity index (χ4v) is 5.86. The molecule has 0 bridgehead atoms. The molecule has 3 aromatic carbocycles. The molecule has 0 aliphatic carbocycles. The van der Waals surface area contributed by atoms with Crippen LogP contribution >= 0.6 is 11.6 Å². The molecule has 0 saturated heterocycles. The van der Waals surface area contributed by atoms with Gasteiger partial charge in [0.1, 0.15) is 6.10 Å². The number of carbonyl (C=O) groups excluding carboxylic acids is 2. The molecule has 3 atom stereocenters. The molecule has 0 fully saturated rings. The Bertz CT molecular complexity index is 1640. The molecule has 1 aliphatic heterocycles. The molecule has 0 radical (unpaired) electrons. The van der Waals surface area contributed by atoms with Gasteiger partial charge in [-0.2, -0.15) is 13.2 Å². The fourth-order valence-electron chi connectivity index (χ4n) is 4.67. The highest BCUT2D eigenvalue weighted by molar-refractivity contribution is 7.92. The van der Waals surface area contributed by atoms with Crippen molar-refractivity contribution in [1.29, 1.82) is 0 Å². The van der Waals surface area contributed by atoms with Crippen LogP contribution in [0.5, 0.6) is 5.75 Å². The van der Waals surface area contributed by atoms with Crippen molar-refractivity contribution in [2.75, 3.05) is 36.8 Å². The lowest BCUT2D eigenvalue weighted by atomic mass is 9.99. The van der Waals surface area contributed by atoms with Gasteiger partial charge in [-0.25, -0.2) is 13.2 Å². The summed E-state index contributed by atoms with van der Waals surface area (Å²) >= 11 is 5.91. The van der Waals surface area contributed by atoms with E-state index >= 15 is 0 Å². The Morgan fingerprint density at radius 3 is 2.38 bits per heavy atom. The smallest absolute Gasteiger partial charge is 0.416 e. The van der Waals surface area contributed by atoms with E-state index in [9.17, 15) is 36.3 Å². The van der Waals surface area contributed by atoms with Crippen molar-refractivity contribution in [3.63, 3.8) is 0 Å². The van der Waals surface area contributed by atoms with Gasteiger partial charge in [0.05, 0.1) is 40.9 Å². The van der Waals surface area contributed by atoms with Crippen LogP contribution in [0.3, 0.4) is 0 Å². The maximum Gasteiger partial charge on any atom is 0.416 e. The number of halogens is 4. The van der Waals surface area contributed by atoms with Gasteiger partial charge in [0.15, 0.2) is 5.75 Å². The monoisotopic (exact) mass is 668 g/mol. The first-order valence-electron chi connectivity index (χ1n) is 13.8. The number of urea groups is 1. The summed E-state index contributed by atoms with van der Waals surface area (Å²) in [4.78, 5) is 29.3. The number of amides is 3. The Kier molecular flexibility index (Phi) is 10.2. The number of hydrogen-bond donors (Lipinski definition) is 3. The highest BCUT2D eigenvalue weighted by Crippen LogP contribution is 2.36. The second-order valence-electron chi connectivity index (χ2n) is 10.8. The first kappa shape index (κ1) is 33.9. The van der Waals surface area contributed by atoms with Gasteiger partial charge in [0, 0.05) is 30.2 Å². The van der Waals surface area contributed by atoms with Crippen molar-refractivity contribution in [3.05, 3.63) is 82.9 Å². The summed E-state index contributed by atoms with van der Waals surface area (Å²) in [6, 6.07) is 12.6. The standard InChI is InChI=1S/C30H32ClF3N4O6S/c1-18-15-38(19(2)17-39)28(40)24-5-4-6-25(36-45(42,43)23-13-9-21(31)10-14-23)27(24)44-26(18)16-37(3)29(41)35-22-11-7-20(8-12-22)30(32,33)34/h4-14,18-19,26,36,39H,15-17H2,1-3H3,(H,35,41)/t18-,19-,26-/m0/s1. The molecule has 3 aromatic rings. The molecular weight excluding hydrogens is 637 g/mol. The van der Waals surface area contributed by atoms with E-state index < -0.39 is 51.8 Å². The predicted molar refractivity (Wildman–Crippen MR) is 163 cm³/mol. The van der Waals surface area contributed by atoms with E-state index in [-0.39, 0.29) is 47.3 Å². The Labute approximate surface area is 263 Å². The van der Waals surface area contributed by atoms with E-state index in [1.54, 1.807) is 13.8 Å². The Morgan fingerprint density at radius 2 is 1.78 bits per heavy atom. The van der Waals surface area contributed by atoms with Crippen LogP contribution in [0.1, 0.15) is 29.8 Å². The van der Waals surface area contributed by atoms with Gasteiger partial charge < -0.3 is 25.0 Å². The van der Waals surface area contributed by atoms with Crippen LogP contribution in [0.4, 0.5) is 29.3 Å². The number of sulfonamides is 1. The zero-order valence-corrected chi connectivity index (χ0v) is 26.1. The molecule has 242 valence electrons. The van der Waals surface area contributed by atoms with Crippen LogP contribution in [0.15, 0.2) is 71.6 Å². The van der Waals surface area contributed by atoms with Crippen LogP contribution in [0, 0.1) is 5.92 Å². The SMILES string of the molecule is C[C@H]1CN([C@@H](C)CO)C(=O)c2cccc(NS(=O)(=O)c3ccc(Cl)cc3)c2O[C@H]1CN(C)C(=O)Nc1ccc(C(F)(F)F)cc1. The molecule has 4 rings (SSSR count). The van der Waals surface area contributed by atoms with Gasteiger partial charge in [0.2, 0.25) is 0 Å². The first-order chi connectivity index (χ1) is 21.1. The third kappa shape index (κ3) is 7.99. The molecule has 1 aliphatic rings. The summed E-state index contributed by atoms with van der Waals surface area (Å²) in [5, 5.41) is 12.8. The molecule has 0 aromatic heterocycles. The van der Waals surface area contributed by atoms with Gasteiger partial charge in [-0.3, -0.25) is 9.52 Å². The molecule has 0 spiro atoms. The van der Waals surface area contributed by atoms with Crippen LogP contribution in [-0.2, 0) is 16.2 Å². The Hall–Kier alpha value is -4.01. The number of aliphatic hydroxyl groups excluding tert-OH is 1. The fraction of sp³-hybridized carbons (Fsp3) is 0.333. The number of carbonyl (C=O) groups is 2. The molecule has 1 heterocycles. The van der Waals surface area contributed by atoms with Gasteiger partial charge >= 0.3 is 12.2 Å². The van der Waals surface area contributed by atoms with Gasteiger partial charge in [0.25, 0.3) is 15.9 Å². The molecule has 0 unspecified atom stereocenters. The van der Waals surface area contributed by atoms with Gasteiger partial charge in [-0.1, -0.05) is 24.6 Å². The number of benzene rings is 3. The van der Waals surface area contributed by atoms with E-state index in [0.717, 1.165) is 24.3 Å². The van der Waals surface area contributed by atoms with E-state index in [1.807, 2.05) is 0 Å². The van der Waals surface area contributed by atoms with E-state index in [1.165, 1.54) is 59.3 Å². The van der Waals surface area contributed by atoms with E-state index in [4.69, 9.17) is 16.3 Å². The number of alkyl halides is 3. The zero-order valence-electron chi connectivity index (χ0n) is 24.5. The lowest BCUT2D eigenvalue weighted by Crippen LogP contribution is -2.50. The molecule has 3 N–H and O–H groups in total. The van der Waals surface area contributed by atoms with Crippen LogP contribution in [0.25, 0.3) is 0 Å². The topological polar surface area (TPSA) is 128 Å². The lowest BCUT2D eigenvalue weighted by Gasteiger charge is -2.38. The molecule has 10 nitrogen and oxygen atoms in total. The Balaban J connectivity index is 1.64. The highest BCUT2D eigenvalue weighted by atomic mass is 35.5. The largest absolute Gasteiger partial charge is 0.485 e. The Morgan fingerprint density at radius 1 is 1.13 bits per heavy atom. The number of nitrogens with one attached hydrogen (secondary N) is 2. The lowest BCUT2D eigenvalue weighted by molar-refractivity contribution is -0.137. The van der Waals surface area contributed by atoms with Crippen LogP contribution < -0.4 is 14.8 Å². The number of ether oxygens (including phenoxy) is 1. The van der Waals surface area contributed by atoms with E-state index in [2.05, 4.69) is 10.0 Å². The molecular formula is C30H32ClF3N4O6S. The van der Waals surface area contributed by atoms with Crippen molar-refractivity contribution in [2.24, 2.45) is 5.92 Å². The van der Waals surface area contributed by atoms with Crippen molar-refractivity contribution >= 4 is 44.9 Å². The van der Waals surface area contributed by atoms with Crippen molar-refractivity contribution < 1.29 is 41.0 Å². The highest BCUT2D eigenvalue weighted by Gasteiger charge is 2.36. The quantitative estimate of drug-likeness (QED) is 0.289. The number of anilines is 2. The number of rotatable bonds is 8. The average molecular weight is 669 g/mol. The molecule has 45 heavy (non-hydrogen) atoms. The zero-order chi connectivity index (χ0) is 33.1. The predicted octanol–water partition coefficient (Wildman–Crippen LogP) is 5.54. The minimum absolute atomic E-state index is 0.0247. The number of aliphatic hydroxyl groups is 1. The summed E-state index contributed by atoms with van der Waals surface area (Å²) in [5.41, 5.74) is -0.698. The van der Waals surface area contributed by atoms with Crippen molar-refractivity contribution in [3.8, 4) is 5.75 Å². The molecule has 15 heteroatoms. The second kappa shape index (κ2) is 13.5. The van der Waals surface area contributed by atoms with Crippen LogP contribution in [0.2, 0.25) is 5.02 Å². The number of hydrogen-bond acceptors (Lipinski definition) is 6. The number of fused-ring (bicyclic) bond motifs is 1. The minimum Gasteiger partial charge on any atom is -0.485 e. The second-order valence-corrected chi connectivity index (χ2v) is 12.9. The number of nitrogens with zero attached hydrogens (tertiary/aromatic N) is 2. The van der Waals surface area contributed by atoms with Gasteiger partial charge in [-0.15, -0.1) is 0 Å². The number of likely N-dealkylation sites (N-methyl/N-ethyl adjacent to an activating group) is 1. The normalized spacial score (nSPS) is 17.8. The minimum atomic E-state index is -4.52. The molecule has 3 amide bonds. The van der Waals surface area contributed by atoms with Crippen molar-refractivity contribution in [2.45, 2.75) is 37.1 Å². The maximum absolute atomic E-state index is 13.7. The maximum atomic E-state index is 13.7. The first-order valence-corrected chi connectivity index (χ1v) is 15.7. The van der Waals surface area contributed by atoms with E-state index in [0.29, 0.717) is 5.02 Å². The van der Waals surface area contributed by atoms with Crippen molar-refractivity contribution in [1.82, 2.24) is 9.80 Å². The summed E-state index contributed by atoms with van der Waals surface area (Å²) in [6.45, 7) is 3.19. The average Bonchev–Trinajstić information content (AvgIpc) is 2.98.